The molecular formula is C48H77N3O16S2. The fourth-order valence-electron chi connectivity index (χ4n) is 6.30. The number of benzene rings is 1. The van der Waals surface area contributed by atoms with Crippen LogP contribution in [0.3, 0.4) is 0 Å². The highest BCUT2D eigenvalue weighted by atomic mass is 32.2. The van der Waals surface area contributed by atoms with E-state index in [1.807, 2.05) is 0 Å². The molecule has 0 saturated carbocycles. The molecule has 0 heterocycles. The van der Waals surface area contributed by atoms with E-state index in [1.54, 1.807) is 30.8 Å². The summed E-state index contributed by atoms with van der Waals surface area (Å²) in [5, 5.41) is 35.3. The summed E-state index contributed by atoms with van der Waals surface area (Å²) in [5.74, 6) is -1.81. The monoisotopic (exact) mass is 1020 g/mol. The lowest BCUT2D eigenvalue weighted by Gasteiger charge is -2.15. The number of aliphatic carboxylic acids is 2. The Kier molecular flexibility index (Phi) is 38.7. The van der Waals surface area contributed by atoms with Crippen molar-refractivity contribution >= 4 is 70.7 Å². The molecule has 21 heteroatoms. The van der Waals surface area contributed by atoms with Crippen molar-refractivity contribution in [1.82, 2.24) is 16.0 Å². The van der Waals surface area contributed by atoms with Crippen molar-refractivity contribution in [2.24, 2.45) is 5.92 Å². The molecule has 0 unspecified atom stereocenters. The SMILES string of the molecule is CC[C@@H](CSCC(=O)NCCCC[C@@H](NC(=O)COCCOCCNC(=O)COCCOCCCC(=O)CCCSCC(=O)CCCCCCCCCOc1ccc(C(=O)O)cc1)C(=O)O)C(=O)O. The number of carboxylic acid groups (broad SMARTS) is 3. The Morgan fingerprint density at radius 2 is 1.16 bits per heavy atom. The van der Waals surface area contributed by atoms with Crippen LogP contribution >= 0.6 is 23.5 Å². The summed E-state index contributed by atoms with van der Waals surface area (Å²) in [6.45, 7) is 3.80. The van der Waals surface area contributed by atoms with E-state index in [4.69, 9.17) is 33.9 Å². The van der Waals surface area contributed by atoms with Crippen molar-refractivity contribution in [2.45, 2.75) is 116 Å². The van der Waals surface area contributed by atoms with Gasteiger partial charge in [0.25, 0.3) is 0 Å². The van der Waals surface area contributed by atoms with E-state index < -0.39 is 35.8 Å². The number of ether oxygens (including phenoxy) is 5. The topological polar surface area (TPSA) is 279 Å². The second-order valence-corrected chi connectivity index (χ2v) is 18.3. The lowest BCUT2D eigenvalue weighted by atomic mass is 10.1. The van der Waals surface area contributed by atoms with Crippen molar-refractivity contribution < 1.29 is 77.4 Å². The van der Waals surface area contributed by atoms with Gasteiger partial charge in [-0.3, -0.25) is 28.8 Å². The van der Waals surface area contributed by atoms with Crippen LogP contribution in [0.5, 0.6) is 5.75 Å². The van der Waals surface area contributed by atoms with Gasteiger partial charge in [-0.05, 0) is 81.4 Å². The summed E-state index contributed by atoms with van der Waals surface area (Å²) >= 11 is 2.83. The number of carboxylic acids is 3. The van der Waals surface area contributed by atoms with Gasteiger partial charge in [-0.2, -0.15) is 23.5 Å². The lowest BCUT2D eigenvalue weighted by molar-refractivity contribution is -0.143. The maximum atomic E-state index is 12.2. The zero-order valence-corrected chi connectivity index (χ0v) is 42.0. The van der Waals surface area contributed by atoms with Gasteiger partial charge < -0.3 is 55.0 Å². The summed E-state index contributed by atoms with van der Waals surface area (Å²) < 4.78 is 27.1. The first-order valence-electron chi connectivity index (χ1n) is 24.1. The van der Waals surface area contributed by atoms with Crippen LogP contribution in [0, 0.1) is 5.92 Å². The number of ketones is 2. The molecule has 0 aliphatic carbocycles. The van der Waals surface area contributed by atoms with E-state index in [1.165, 1.54) is 23.9 Å². The number of hydrogen-bond acceptors (Lipinski definition) is 15. The van der Waals surface area contributed by atoms with E-state index in [0.717, 1.165) is 57.1 Å². The quantitative estimate of drug-likeness (QED) is 0.0458. The number of hydrogen-bond donors (Lipinski definition) is 6. The molecule has 2 atom stereocenters. The van der Waals surface area contributed by atoms with E-state index in [9.17, 15) is 43.5 Å². The van der Waals surface area contributed by atoms with Crippen LogP contribution in [0.2, 0.25) is 0 Å². The first-order valence-corrected chi connectivity index (χ1v) is 26.4. The van der Waals surface area contributed by atoms with Gasteiger partial charge >= 0.3 is 17.9 Å². The fourth-order valence-corrected chi connectivity index (χ4v) is 8.24. The number of thioether (sulfide) groups is 2. The van der Waals surface area contributed by atoms with Gasteiger partial charge in [-0.1, -0.05) is 39.0 Å². The minimum Gasteiger partial charge on any atom is -0.494 e. The molecule has 69 heavy (non-hydrogen) atoms. The zero-order valence-electron chi connectivity index (χ0n) is 40.3. The number of aromatic carboxylic acids is 1. The number of Topliss-reactive ketones (excluding diaryl/α,β-unsaturated/α-hetero) is 2. The van der Waals surface area contributed by atoms with Gasteiger partial charge in [0.05, 0.1) is 62.6 Å². The summed E-state index contributed by atoms with van der Waals surface area (Å²) in [4.78, 5) is 94.0. The van der Waals surface area contributed by atoms with E-state index in [-0.39, 0.29) is 93.9 Å². The minimum atomic E-state index is -1.18. The van der Waals surface area contributed by atoms with Crippen molar-refractivity contribution in [3.05, 3.63) is 29.8 Å². The van der Waals surface area contributed by atoms with Gasteiger partial charge in [0.1, 0.15) is 36.6 Å². The Bertz CT molecular complexity index is 1620. The third-order valence-electron chi connectivity index (χ3n) is 10.3. The van der Waals surface area contributed by atoms with Crippen molar-refractivity contribution in [3.63, 3.8) is 0 Å². The predicted molar refractivity (Wildman–Crippen MR) is 263 cm³/mol. The molecule has 0 spiro atoms. The Morgan fingerprint density at radius 1 is 0.551 bits per heavy atom. The van der Waals surface area contributed by atoms with Crippen LogP contribution in [0.15, 0.2) is 24.3 Å². The summed E-state index contributed by atoms with van der Waals surface area (Å²) in [5.41, 5.74) is 0.240. The van der Waals surface area contributed by atoms with Gasteiger partial charge in [-0.15, -0.1) is 0 Å². The average Bonchev–Trinajstić information content (AvgIpc) is 3.31. The molecule has 0 aromatic heterocycles. The second-order valence-electron chi connectivity index (χ2n) is 16.2. The molecule has 6 N–H and O–H groups in total. The molecule has 0 radical (unpaired) electrons. The Balaban J connectivity index is 1.87. The lowest BCUT2D eigenvalue weighted by Crippen LogP contribution is -2.42. The molecule has 0 aliphatic rings. The number of amides is 3. The molecule has 3 amide bonds. The van der Waals surface area contributed by atoms with Crippen LogP contribution in [-0.4, -0.2) is 164 Å². The number of nitrogens with one attached hydrogen (secondary N) is 3. The summed E-state index contributed by atoms with van der Waals surface area (Å²) in [6.07, 6.45) is 11.7. The Morgan fingerprint density at radius 3 is 1.83 bits per heavy atom. The van der Waals surface area contributed by atoms with E-state index in [0.29, 0.717) is 82.0 Å². The standard InChI is InChI=1S/C48H77N3O16S2/c1-2-37(46(57)58)34-69-36-45(56)49-22-10-9-17-42(48(61)62)51-44(55)33-66-30-28-64-26-23-50-43(54)32-65-29-27-63-24-12-15-39(52)16-13-31-68-35-40(53)14-8-6-4-3-5-7-11-25-67-41-20-18-38(19-21-41)47(59)60/h18-21,37,42H,2-17,22-36H2,1H3,(H,49,56)(H,50,54)(H,51,55)(H,57,58)(H,59,60)(H,61,62)/t37-,42+/m0/s1. The molecule has 0 aliphatic heterocycles. The van der Waals surface area contributed by atoms with Crippen LogP contribution in [0.25, 0.3) is 0 Å². The fraction of sp³-hybridized carbons (Fsp3) is 0.708. The van der Waals surface area contributed by atoms with E-state index >= 15 is 0 Å². The highest BCUT2D eigenvalue weighted by Crippen LogP contribution is 2.16. The minimum absolute atomic E-state index is 0.0784. The largest absolute Gasteiger partial charge is 0.494 e. The molecule has 0 fully saturated rings. The smallest absolute Gasteiger partial charge is 0.335 e. The maximum Gasteiger partial charge on any atom is 0.335 e. The number of unbranched alkanes of at least 4 members (excludes halogenated alkanes) is 7. The Hall–Kier alpha value is -4.28. The molecule has 1 rings (SSSR count). The molecular weight excluding hydrogens is 939 g/mol. The highest BCUT2D eigenvalue weighted by Gasteiger charge is 2.20. The van der Waals surface area contributed by atoms with Crippen LogP contribution in [0.4, 0.5) is 0 Å². The summed E-state index contributed by atoms with van der Waals surface area (Å²) in [6, 6.07) is 5.30. The average molecular weight is 1020 g/mol. The van der Waals surface area contributed by atoms with Gasteiger partial charge in [-0.25, -0.2) is 9.59 Å². The van der Waals surface area contributed by atoms with Gasteiger partial charge in [0.15, 0.2) is 0 Å². The third-order valence-corrected chi connectivity index (χ3v) is 12.5. The number of carbonyl (C=O) groups is 8. The van der Waals surface area contributed by atoms with Crippen molar-refractivity contribution in [3.8, 4) is 5.75 Å². The van der Waals surface area contributed by atoms with Gasteiger partial charge in [0, 0.05) is 44.7 Å². The molecule has 0 bridgehead atoms. The normalized spacial score (nSPS) is 11.9. The van der Waals surface area contributed by atoms with Crippen molar-refractivity contribution in [2.75, 3.05) is 95.6 Å². The van der Waals surface area contributed by atoms with Gasteiger partial charge in [0.2, 0.25) is 17.7 Å². The predicted octanol–water partition coefficient (Wildman–Crippen LogP) is 5.20. The highest BCUT2D eigenvalue weighted by molar-refractivity contribution is 8.00. The molecule has 1 aromatic rings. The van der Waals surface area contributed by atoms with Crippen LogP contribution < -0.4 is 20.7 Å². The third kappa shape index (κ3) is 37.3. The second kappa shape index (κ2) is 42.6. The zero-order chi connectivity index (χ0) is 50.7. The number of rotatable bonds is 48. The molecule has 1 aromatic carbocycles. The Labute approximate surface area is 415 Å². The maximum absolute atomic E-state index is 12.2. The molecule has 0 saturated heterocycles. The first kappa shape index (κ1) is 62.7. The van der Waals surface area contributed by atoms with Crippen LogP contribution in [0.1, 0.15) is 120 Å². The number of carbonyl (C=O) groups excluding carboxylic acids is 5. The molecule has 392 valence electrons. The molecule has 19 nitrogen and oxygen atoms in total. The first-order chi connectivity index (χ1) is 33.3. The van der Waals surface area contributed by atoms with Crippen molar-refractivity contribution in [1.29, 1.82) is 0 Å². The summed E-state index contributed by atoms with van der Waals surface area (Å²) in [7, 11) is 0. The van der Waals surface area contributed by atoms with Crippen LogP contribution in [-0.2, 0) is 52.5 Å². The van der Waals surface area contributed by atoms with E-state index in [2.05, 4.69) is 16.0 Å².